The predicted molar refractivity (Wildman–Crippen MR) is 115 cm³/mol. The van der Waals surface area contributed by atoms with Crippen LogP contribution < -0.4 is 5.32 Å². The van der Waals surface area contributed by atoms with Crippen LogP contribution in [0.4, 0.5) is 11.4 Å². The highest BCUT2D eigenvalue weighted by Crippen LogP contribution is 2.28. The highest BCUT2D eigenvalue weighted by Gasteiger charge is 2.15. The molecule has 30 heavy (non-hydrogen) atoms. The summed E-state index contributed by atoms with van der Waals surface area (Å²) in [6, 6.07) is 15.5. The Hall–Kier alpha value is -4.00. The second-order valence-corrected chi connectivity index (χ2v) is 7.21. The van der Waals surface area contributed by atoms with Crippen molar-refractivity contribution in [1.82, 2.24) is 4.98 Å². The minimum absolute atomic E-state index is 0.0190. The minimum atomic E-state index is -0.470. The van der Waals surface area contributed by atoms with Gasteiger partial charge in [-0.2, -0.15) is 0 Å². The molecule has 0 saturated carbocycles. The number of aromatic nitrogens is 1. The average molecular weight is 401 g/mol. The smallest absolute Gasteiger partial charge is 0.272 e. The number of hydrogen-bond donors (Lipinski definition) is 1. The molecule has 0 saturated heterocycles. The third kappa shape index (κ3) is 3.65. The molecular formula is C23H19N3O4. The Morgan fingerprint density at radius 2 is 1.77 bits per heavy atom. The van der Waals surface area contributed by atoms with Gasteiger partial charge in [-0.1, -0.05) is 6.07 Å². The molecule has 0 aliphatic heterocycles. The minimum Gasteiger partial charge on any atom is -0.436 e. The zero-order valence-electron chi connectivity index (χ0n) is 16.7. The summed E-state index contributed by atoms with van der Waals surface area (Å²) < 4.78 is 5.86. The summed E-state index contributed by atoms with van der Waals surface area (Å²) in [4.78, 5) is 27.6. The first kappa shape index (κ1) is 19.3. The van der Waals surface area contributed by atoms with Crippen LogP contribution in [0.1, 0.15) is 27.0 Å². The van der Waals surface area contributed by atoms with Crippen molar-refractivity contribution in [3.05, 3.63) is 87.0 Å². The van der Waals surface area contributed by atoms with E-state index in [1.165, 1.54) is 23.8 Å². The number of carbonyl (C=O) groups is 1. The summed E-state index contributed by atoms with van der Waals surface area (Å²) in [5, 5.41) is 13.7. The van der Waals surface area contributed by atoms with Crippen LogP contribution in [0.5, 0.6) is 0 Å². The molecule has 7 nitrogen and oxygen atoms in total. The fourth-order valence-corrected chi connectivity index (χ4v) is 3.21. The van der Waals surface area contributed by atoms with Crippen molar-refractivity contribution in [1.29, 1.82) is 0 Å². The van der Waals surface area contributed by atoms with Gasteiger partial charge in [0, 0.05) is 28.4 Å². The van der Waals surface area contributed by atoms with Gasteiger partial charge in [-0.3, -0.25) is 14.9 Å². The summed E-state index contributed by atoms with van der Waals surface area (Å²) in [5.41, 5.74) is 5.79. The van der Waals surface area contributed by atoms with Gasteiger partial charge in [0.25, 0.3) is 11.6 Å². The summed E-state index contributed by atoms with van der Waals surface area (Å²) in [6.07, 6.45) is 0. The Labute approximate surface area is 172 Å². The van der Waals surface area contributed by atoms with E-state index in [0.29, 0.717) is 33.8 Å². The molecule has 4 aromatic rings. The van der Waals surface area contributed by atoms with Crippen LogP contribution in [0, 0.1) is 30.9 Å². The molecule has 0 aliphatic rings. The van der Waals surface area contributed by atoms with Crippen molar-refractivity contribution in [2.24, 2.45) is 0 Å². The highest BCUT2D eigenvalue weighted by atomic mass is 16.6. The van der Waals surface area contributed by atoms with E-state index in [2.05, 4.69) is 10.3 Å². The molecule has 0 bridgehead atoms. The van der Waals surface area contributed by atoms with Gasteiger partial charge in [-0.05, 0) is 74.4 Å². The zero-order valence-corrected chi connectivity index (χ0v) is 16.7. The molecule has 1 N–H and O–H groups in total. The number of benzene rings is 3. The Morgan fingerprint density at radius 1 is 0.967 bits per heavy atom. The molecule has 0 fully saturated rings. The lowest BCUT2D eigenvalue weighted by Crippen LogP contribution is -2.12. The molecule has 1 aromatic heterocycles. The number of anilines is 1. The highest BCUT2D eigenvalue weighted by molar-refractivity contribution is 6.05. The lowest BCUT2D eigenvalue weighted by molar-refractivity contribution is -0.385. The lowest BCUT2D eigenvalue weighted by Gasteiger charge is -2.06. The molecule has 150 valence electrons. The number of oxazole rings is 1. The maximum Gasteiger partial charge on any atom is 0.272 e. The van der Waals surface area contributed by atoms with Crippen LogP contribution in [0.15, 0.2) is 59.0 Å². The fourth-order valence-electron chi connectivity index (χ4n) is 3.21. The molecule has 0 radical (unpaired) electrons. The number of nitro groups is 1. The first-order valence-corrected chi connectivity index (χ1v) is 9.36. The van der Waals surface area contributed by atoms with Crippen molar-refractivity contribution < 1.29 is 14.1 Å². The van der Waals surface area contributed by atoms with Crippen LogP contribution in [0.25, 0.3) is 22.6 Å². The number of amides is 1. The van der Waals surface area contributed by atoms with E-state index in [0.717, 1.165) is 11.1 Å². The van der Waals surface area contributed by atoms with Crippen molar-refractivity contribution in [2.45, 2.75) is 20.8 Å². The van der Waals surface area contributed by atoms with Crippen LogP contribution in [-0.2, 0) is 0 Å². The summed E-state index contributed by atoms with van der Waals surface area (Å²) in [6.45, 7) is 5.69. The zero-order chi connectivity index (χ0) is 21.4. The monoisotopic (exact) mass is 401 g/mol. The number of nitrogens with zero attached hydrogens (tertiary/aromatic N) is 2. The van der Waals surface area contributed by atoms with Crippen LogP contribution in [0.2, 0.25) is 0 Å². The van der Waals surface area contributed by atoms with Crippen LogP contribution in [-0.4, -0.2) is 15.8 Å². The molecule has 4 rings (SSSR count). The normalized spacial score (nSPS) is 10.9. The second-order valence-electron chi connectivity index (χ2n) is 7.21. The van der Waals surface area contributed by atoms with E-state index in [1.54, 1.807) is 25.1 Å². The molecule has 0 spiro atoms. The van der Waals surface area contributed by atoms with Gasteiger partial charge in [0.15, 0.2) is 5.58 Å². The number of nitro benzene ring substituents is 1. The third-order valence-corrected chi connectivity index (χ3v) is 5.05. The van der Waals surface area contributed by atoms with Gasteiger partial charge in [-0.25, -0.2) is 4.98 Å². The Morgan fingerprint density at radius 3 is 2.47 bits per heavy atom. The number of fused-ring (bicyclic) bond motifs is 1. The van der Waals surface area contributed by atoms with Gasteiger partial charge in [0.2, 0.25) is 5.89 Å². The lowest BCUT2D eigenvalue weighted by atomic mass is 10.1. The Kier molecular flexibility index (Phi) is 4.79. The van der Waals surface area contributed by atoms with Gasteiger partial charge >= 0.3 is 0 Å². The van der Waals surface area contributed by atoms with Crippen molar-refractivity contribution in [3.8, 4) is 11.5 Å². The number of nitrogens with one attached hydrogen (secondary N) is 1. The Bertz CT molecular complexity index is 1310. The first-order chi connectivity index (χ1) is 14.3. The van der Waals surface area contributed by atoms with Gasteiger partial charge in [0.05, 0.1) is 4.92 Å². The molecular weight excluding hydrogens is 382 g/mol. The van der Waals surface area contributed by atoms with Crippen LogP contribution >= 0.6 is 0 Å². The third-order valence-electron chi connectivity index (χ3n) is 5.05. The first-order valence-electron chi connectivity index (χ1n) is 9.36. The topological polar surface area (TPSA) is 98.3 Å². The molecule has 0 atom stereocenters. The standard InChI is InChI=1S/C23H19N3O4/c1-13-4-5-17(10-14(13)2)23-25-19-12-18(7-9-21(19)30-23)24-22(27)16-6-8-20(26(28)29)15(3)11-16/h4-12H,1-3H3,(H,24,27). The predicted octanol–water partition coefficient (Wildman–Crippen LogP) is 5.58. The van der Waals surface area contributed by atoms with Crippen molar-refractivity contribution >= 4 is 28.4 Å². The quantitative estimate of drug-likeness (QED) is 0.355. The van der Waals surface area contributed by atoms with E-state index < -0.39 is 4.92 Å². The maximum atomic E-state index is 12.6. The molecule has 3 aromatic carbocycles. The SMILES string of the molecule is Cc1ccc(-c2nc3cc(NC(=O)c4ccc([N+](=O)[O-])c(C)c4)ccc3o2)cc1C. The summed E-state index contributed by atoms with van der Waals surface area (Å²) in [5.74, 6) is 0.160. The molecule has 0 unspecified atom stereocenters. The van der Waals surface area contributed by atoms with E-state index in [9.17, 15) is 14.9 Å². The van der Waals surface area contributed by atoms with E-state index in [4.69, 9.17) is 4.42 Å². The molecule has 0 aliphatic carbocycles. The largest absolute Gasteiger partial charge is 0.436 e. The van der Waals surface area contributed by atoms with E-state index in [1.807, 2.05) is 32.0 Å². The fraction of sp³-hybridized carbons (Fsp3) is 0.130. The van der Waals surface area contributed by atoms with Gasteiger partial charge in [-0.15, -0.1) is 0 Å². The van der Waals surface area contributed by atoms with E-state index >= 15 is 0 Å². The summed E-state index contributed by atoms with van der Waals surface area (Å²) in [7, 11) is 0. The van der Waals surface area contributed by atoms with Gasteiger partial charge in [0.1, 0.15) is 5.52 Å². The average Bonchev–Trinajstić information content (AvgIpc) is 3.13. The van der Waals surface area contributed by atoms with Crippen molar-refractivity contribution in [3.63, 3.8) is 0 Å². The number of hydrogen-bond acceptors (Lipinski definition) is 5. The maximum absolute atomic E-state index is 12.6. The summed E-state index contributed by atoms with van der Waals surface area (Å²) >= 11 is 0. The number of carbonyl (C=O) groups excluding carboxylic acids is 1. The molecule has 7 heteroatoms. The molecule has 1 heterocycles. The Balaban J connectivity index is 1.59. The van der Waals surface area contributed by atoms with Crippen molar-refractivity contribution in [2.75, 3.05) is 5.32 Å². The number of rotatable bonds is 4. The second kappa shape index (κ2) is 7.44. The molecule has 1 amide bonds. The van der Waals surface area contributed by atoms with Gasteiger partial charge < -0.3 is 9.73 Å². The van der Waals surface area contributed by atoms with Crippen LogP contribution in [0.3, 0.4) is 0 Å². The van der Waals surface area contributed by atoms with E-state index in [-0.39, 0.29) is 11.6 Å². The number of aryl methyl sites for hydroxylation is 3.